The minimum atomic E-state index is -3.97. The lowest BCUT2D eigenvalue weighted by molar-refractivity contribution is -0.138. The first-order valence-corrected chi connectivity index (χ1v) is 7.09. The number of hydrogen-bond donors (Lipinski definition) is 2. The Morgan fingerprint density at radius 2 is 2.00 bits per heavy atom. The van der Waals surface area contributed by atoms with Gasteiger partial charge in [0.15, 0.2) is 5.25 Å². The van der Waals surface area contributed by atoms with Crippen LogP contribution in [0.4, 0.5) is 0 Å². The standard InChI is InChI=1S/C12H14N2O4S/c1-9(8-13)19(17,18)14-11(12(15)16)7-10-5-3-2-4-6-10/h2-6,9,11,14H,7H2,1H3,(H,15,16)/t9?,11-/m0/s1. The van der Waals surface area contributed by atoms with E-state index in [0.717, 1.165) is 0 Å². The Labute approximate surface area is 111 Å². The molecule has 0 aliphatic heterocycles. The van der Waals surface area contributed by atoms with Gasteiger partial charge >= 0.3 is 5.97 Å². The molecule has 0 heterocycles. The lowest BCUT2D eigenvalue weighted by Gasteiger charge is -2.15. The van der Waals surface area contributed by atoms with E-state index in [9.17, 15) is 13.2 Å². The molecule has 0 amide bonds. The largest absolute Gasteiger partial charge is 0.480 e. The maximum Gasteiger partial charge on any atom is 0.322 e. The molecule has 1 unspecified atom stereocenters. The highest BCUT2D eigenvalue weighted by molar-refractivity contribution is 7.90. The SMILES string of the molecule is CC(C#N)S(=O)(=O)N[C@@H](Cc1ccccc1)C(=O)O. The van der Waals surface area contributed by atoms with Crippen molar-refractivity contribution in [3.05, 3.63) is 35.9 Å². The number of nitriles is 1. The third-order valence-electron chi connectivity index (χ3n) is 2.53. The molecule has 19 heavy (non-hydrogen) atoms. The summed E-state index contributed by atoms with van der Waals surface area (Å²) >= 11 is 0. The Bertz CT molecular complexity index is 577. The van der Waals surface area contributed by atoms with Gasteiger partial charge < -0.3 is 5.11 Å². The smallest absolute Gasteiger partial charge is 0.322 e. The van der Waals surface area contributed by atoms with Gasteiger partial charge in [-0.3, -0.25) is 4.79 Å². The maximum atomic E-state index is 11.7. The van der Waals surface area contributed by atoms with Crippen LogP contribution in [0.2, 0.25) is 0 Å². The number of aliphatic carboxylic acids is 1. The van der Waals surface area contributed by atoms with E-state index in [1.807, 2.05) is 4.72 Å². The minimum absolute atomic E-state index is 0.0214. The van der Waals surface area contributed by atoms with Crippen LogP contribution in [0.3, 0.4) is 0 Å². The molecule has 7 heteroatoms. The number of carboxylic acids is 1. The summed E-state index contributed by atoms with van der Waals surface area (Å²) in [5.41, 5.74) is 0.696. The van der Waals surface area contributed by atoms with Crippen LogP contribution in [-0.4, -0.2) is 30.8 Å². The zero-order chi connectivity index (χ0) is 14.5. The Kier molecular flexibility index (Phi) is 5.03. The second-order valence-corrected chi connectivity index (χ2v) is 6.05. The fraction of sp³-hybridized carbons (Fsp3) is 0.333. The van der Waals surface area contributed by atoms with Crippen molar-refractivity contribution in [2.24, 2.45) is 0 Å². The quantitative estimate of drug-likeness (QED) is 0.790. The third kappa shape index (κ3) is 4.35. The first kappa shape index (κ1) is 15.1. The van der Waals surface area contributed by atoms with Crippen molar-refractivity contribution in [3.8, 4) is 6.07 Å². The van der Waals surface area contributed by atoms with Crippen LogP contribution in [-0.2, 0) is 21.2 Å². The first-order chi connectivity index (χ1) is 8.86. The summed E-state index contributed by atoms with van der Waals surface area (Å²) in [5.74, 6) is -1.28. The average molecular weight is 282 g/mol. The lowest BCUT2D eigenvalue weighted by Crippen LogP contribution is -2.45. The Balaban J connectivity index is 2.87. The van der Waals surface area contributed by atoms with E-state index in [-0.39, 0.29) is 6.42 Å². The molecule has 0 bridgehead atoms. The van der Waals surface area contributed by atoms with Crippen molar-refractivity contribution in [1.82, 2.24) is 4.72 Å². The number of carbonyl (C=O) groups is 1. The number of nitrogens with zero attached hydrogens (tertiary/aromatic N) is 1. The van der Waals surface area contributed by atoms with Gasteiger partial charge in [0, 0.05) is 0 Å². The summed E-state index contributed by atoms with van der Waals surface area (Å²) in [7, 11) is -3.97. The average Bonchev–Trinajstić information content (AvgIpc) is 2.37. The van der Waals surface area contributed by atoms with Crippen molar-refractivity contribution < 1.29 is 18.3 Å². The summed E-state index contributed by atoms with van der Waals surface area (Å²) < 4.78 is 25.4. The van der Waals surface area contributed by atoms with Crippen molar-refractivity contribution in [2.75, 3.05) is 0 Å². The molecule has 0 fully saturated rings. The molecule has 0 saturated carbocycles. The lowest BCUT2D eigenvalue weighted by atomic mass is 10.1. The van der Waals surface area contributed by atoms with Gasteiger partial charge in [0.25, 0.3) is 0 Å². The van der Waals surface area contributed by atoms with E-state index in [1.54, 1.807) is 36.4 Å². The highest BCUT2D eigenvalue weighted by Crippen LogP contribution is 2.06. The molecule has 0 spiro atoms. The number of benzene rings is 1. The summed E-state index contributed by atoms with van der Waals surface area (Å²) in [4.78, 5) is 11.1. The normalized spacial score (nSPS) is 14.3. The summed E-state index contributed by atoms with van der Waals surface area (Å²) in [6.07, 6.45) is 0.0214. The van der Waals surface area contributed by atoms with Crippen LogP contribution in [0, 0.1) is 11.3 Å². The van der Waals surface area contributed by atoms with E-state index in [4.69, 9.17) is 10.4 Å². The predicted molar refractivity (Wildman–Crippen MR) is 68.7 cm³/mol. The third-order valence-corrected chi connectivity index (χ3v) is 4.18. The van der Waals surface area contributed by atoms with E-state index < -0.39 is 27.3 Å². The number of sulfonamides is 1. The number of rotatable bonds is 6. The van der Waals surface area contributed by atoms with Gasteiger partial charge in [-0.25, -0.2) is 8.42 Å². The molecule has 1 aromatic carbocycles. The summed E-state index contributed by atoms with van der Waals surface area (Å²) in [6, 6.07) is 8.95. The van der Waals surface area contributed by atoms with Crippen LogP contribution >= 0.6 is 0 Å². The first-order valence-electron chi connectivity index (χ1n) is 5.54. The highest BCUT2D eigenvalue weighted by atomic mass is 32.2. The van der Waals surface area contributed by atoms with E-state index in [0.29, 0.717) is 5.56 Å². The van der Waals surface area contributed by atoms with Crippen LogP contribution in [0.5, 0.6) is 0 Å². The molecule has 2 atom stereocenters. The molecule has 1 rings (SSSR count). The second-order valence-electron chi connectivity index (χ2n) is 4.01. The van der Waals surface area contributed by atoms with E-state index >= 15 is 0 Å². The Hall–Kier alpha value is -1.91. The molecular formula is C12H14N2O4S. The molecule has 102 valence electrons. The second kappa shape index (κ2) is 6.31. The van der Waals surface area contributed by atoms with Gasteiger partial charge in [0.1, 0.15) is 6.04 Å². The Morgan fingerprint density at radius 1 is 1.42 bits per heavy atom. The van der Waals surface area contributed by atoms with Crippen molar-refractivity contribution in [3.63, 3.8) is 0 Å². The Morgan fingerprint density at radius 3 is 2.47 bits per heavy atom. The molecule has 0 aliphatic carbocycles. The van der Waals surface area contributed by atoms with Crippen molar-refractivity contribution in [2.45, 2.75) is 24.6 Å². The van der Waals surface area contributed by atoms with Gasteiger partial charge in [-0.05, 0) is 18.9 Å². The zero-order valence-electron chi connectivity index (χ0n) is 10.3. The monoisotopic (exact) mass is 282 g/mol. The summed E-state index contributed by atoms with van der Waals surface area (Å²) in [6.45, 7) is 1.20. The van der Waals surface area contributed by atoms with Crippen molar-refractivity contribution in [1.29, 1.82) is 5.26 Å². The zero-order valence-corrected chi connectivity index (χ0v) is 11.1. The molecule has 0 radical (unpaired) electrons. The molecule has 6 nitrogen and oxygen atoms in total. The predicted octanol–water partition coefficient (Wildman–Crippen LogP) is 0.514. The molecule has 0 aliphatic rings. The van der Waals surface area contributed by atoms with Crippen LogP contribution in [0.25, 0.3) is 0 Å². The number of carboxylic acid groups (broad SMARTS) is 1. The van der Waals surface area contributed by atoms with Gasteiger partial charge in [0.2, 0.25) is 10.0 Å². The van der Waals surface area contributed by atoms with E-state index in [1.165, 1.54) is 6.92 Å². The van der Waals surface area contributed by atoms with Crippen molar-refractivity contribution >= 4 is 16.0 Å². The van der Waals surface area contributed by atoms with E-state index in [2.05, 4.69) is 0 Å². The van der Waals surface area contributed by atoms with Gasteiger partial charge in [-0.2, -0.15) is 9.98 Å². The number of nitrogens with one attached hydrogen (secondary N) is 1. The molecule has 0 aromatic heterocycles. The van der Waals surface area contributed by atoms with Gasteiger partial charge in [0.05, 0.1) is 6.07 Å². The minimum Gasteiger partial charge on any atom is -0.480 e. The fourth-order valence-corrected chi connectivity index (χ4v) is 2.32. The molecule has 2 N–H and O–H groups in total. The summed E-state index contributed by atoms with van der Waals surface area (Å²) in [5, 5.41) is 16.3. The van der Waals surface area contributed by atoms with Gasteiger partial charge in [-0.15, -0.1) is 0 Å². The molecular weight excluding hydrogens is 268 g/mol. The topological polar surface area (TPSA) is 107 Å². The number of hydrogen-bond acceptors (Lipinski definition) is 4. The van der Waals surface area contributed by atoms with Crippen LogP contribution < -0.4 is 4.72 Å². The molecule has 1 aromatic rings. The molecule has 0 saturated heterocycles. The fourth-order valence-electron chi connectivity index (χ4n) is 1.40. The van der Waals surface area contributed by atoms with Crippen LogP contribution in [0.15, 0.2) is 30.3 Å². The highest BCUT2D eigenvalue weighted by Gasteiger charge is 2.28. The van der Waals surface area contributed by atoms with Crippen LogP contribution in [0.1, 0.15) is 12.5 Å². The van der Waals surface area contributed by atoms with Gasteiger partial charge in [-0.1, -0.05) is 30.3 Å². The maximum absolute atomic E-state index is 11.7.